The van der Waals surface area contributed by atoms with Crippen molar-refractivity contribution in [3.05, 3.63) is 12.2 Å². The van der Waals surface area contributed by atoms with Gasteiger partial charge in [0.25, 0.3) is 0 Å². The molecule has 0 spiro atoms. The molecule has 1 atom stereocenters. The molecule has 0 bridgehead atoms. The molecule has 0 aromatic carbocycles. The molecule has 0 saturated carbocycles. The van der Waals surface area contributed by atoms with Gasteiger partial charge in [0.05, 0.1) is 13.2 Å². The average molecular weight is 114 g/mol. The molecule has 0 radical (unpaired) electrons. The van der Waals surface area contributed by atoms with Gasteiger partial charge in [0.2, 0.25) is 0 Å². The van der Waals surface area contributed by atoms with E-state index in [1.165, 1.54) is 0 Å². The molecule has 0 aromatic heterocycles. The highest BCUT2D eigenvalue weighted by Gasteiger charge is 2.22. The fourth-order valence-electron chi connectivity index (χ4n) is 0.682. The normalized spacial score (nSPS) is 36.2. The van der Waals surface area contributed by atoms with Crippen molar-refractivity contribution in [1.29, 1.82) is 0 Å². The maximum Gasteiger partial charge on any atom is 0.107 e. The van der Waals surface area contributed by atoms with Gasteiger partial charge in [-0.1, -0.05) is 12.2 Å². The number of hydrogen-bond donors (Lipinski definition) is 1. The van der Waals surface area contributed by atoms with E-state index in [9.17, 15) is 0 Å². The first-order valence-corrected chi connectivity index (χ1v) is 2.69. The summed E-state index contributed by atoms with van der Waals surface area (Å²) in [5.74, 6) is 0. The van der Waals surface area contributed by atoms with Crippen LogP contribution in [-0.4, -0.2) is 23.9 Å². The van der Waals surface area contributed by atoms with Crippen LogP contribution in [0.25, 0.3) is 0 Å². The van der Waals surface area contributed by atoms with E-state index in [2.05, 4.69) is 0 Å². The van der Waals surface area contributed by atoms with Crippen molar-refractivity contribution in [2.24, 2.45) is 0 Å². The fraction of sp³-hybridized carbons (Fsp3) is 0.667. The van der Waals surface area contributed by atoms with E-state index in [1.807, 2.05) is 19.1 Å². The van der Waals surface area contributed by atoms with Gasteiger partial charge in [-0.3, -0.25) is 0 Å². The maximum atomic E-state index is 8.65. The van der Waals surface area contributed by atoms with Crippen LogP contribution in [0.1, 0.15) is 6.92 Å². The van der Waals surface area contributed by atoms with Crippen molar-refractivity contribution in [2.45, 2.75) is 12.5 Å². The third-order valence-electron chi connectivity index (χ3n) is 1.29. The lowest BCUT2D eigenvalue weighted by Crippen LogP contribution is -2.26. The van der Waals surface area contributed by atoms with Crippen molar-refractivity contribution in [1.82, 2.24) is 0 Å². The van der Waals surface area contributed by atoms with Crippen LogP contribution in [0.2, 0.25) is 0 Å². The number of hydrogen-bond acceptors (Lipinski definition) is 2. The van der Waals surface area contributed by atoms with Crippen LogP contribution in [0.3, 0.4) is 0 Å². The zero-order chi connectivity index (χ0) is 6.04. The Balaban J connectivity index is 2.54. The van der Waals surface area contributed by atoms with Crippen molar-refractivity contribution >= 4 is 0 Å². The Morgan fingerprint density at radius 2 is 2.62 bits per heavy atom. The summed E-state index contributed by atoms with van der Waals surface area (Å²) in [5, 5.41) is 8.65. The van der Waals surface area contributed by atoms with Gasteiger partial charge >= 0.3 is 0 Å². The zero-order valence-corrected chi connectivity index (χ0v) is 4.92. The number of rotatable bonds is 1. The van der Waals surface area contributed by atoms with Crippen LogP contribution in [0.15, 0.2) is 12.2 Å². The highest BCUT2D eigenvalue weighted by molar-refractivity contribution is 5.04. The monoisotopic (exact) mass is 114 g/mol. The molecule has 1 rings (SSSR count). The Kier molecular flexibility index (Phi) is 1.36. The lowest BCUT2D eigenvalue weighted by Gasteiger charge is -2.17. The molecule has 0 saturated heterocycles. The minimum atomic E-state index is -0.389. The predicted molar refractivity (Wildman–Crippen MR) is 30.6 cm³/mol. The molecule has 0 amide bonds. The summed E-state index contributed by atoms with van der Waals surface area (Å²) in [5.41, 5.74) is -0.389. The minimum absolute atomic E-state index is 0.0729. The average Bonchev–Trinajstić information content (AvgIpc) is 2.17. The van der Waals surface area contributed by atoms with Crippen molar-refractivity contribution in [3.63, 3.8) is 0 Å². The molecular formula is C6H10O2. The van der Waals surface area contributed by atoms with Gasteiger partial charge in [-0.25, -0.2) is 0 Å². The smallest absolute Gasteiger partial charge is 0.107 e. The Hall–Kier alpha value is -0.340. The second-order valence-electron chi connectivity index (χ2n) is 2.18. The van der Waals surface area contributed by atoms with Gasteiger partial charge in [0, 0.05) is 0 Å². The molecule has 1 aliphatic rings. The summed E-state index contributed by atoms with van der Waals surface area (Å²) < 4.78 is 5.13. The molecule has 2 nitrogen and oxygen atoms in total. The fourth-order valence-corrected chi connectivity index (χ4v) is 0.682. The van der Waals surface area contributed by atoms with Crippen molar-refractivity contribution in [2.75, 3.05) is 13.2 Å². The topological polar surface area (TPSA) is 29.5 Å². The number of aliphatic hydroxyl groups is 1. The van der Waals surface area contributed by atoms with Gasteiger partial charge in [-0.15, -0.1) is 0 Å². The first-order chi connectivity index (χ1) is 3.77. The molecule has 0 aromatic rings. The van der Waals surface area contributed by atoms with Crippen LogP contribution in [0.4, 0.5) is 0 Å². The van der Waals surface area contributed by atoms with Crippen LogP contribution in [0, 0.1) is 0 Å². The largest absolute Gasteiger partial charge is 0.393 e. The van der Waals surface area contributed by atoms with E-state index in [0.29, 0.717) is 6.61 Å². The van der Waals surface area contributed by atoms with E-state index >= 15 is 0 Å². The second-order valence-corrected chi connectivity index (χ2v) is 2.18. The summed E-state index contributed by atoms with van der Waals surface area (Å²) in [6.07, 6.45) is 3.79. The molecule has 2 heteroatoms. The highest BCUT2D eigenvalue weighted by Crippen LogP contribution is 2.16. The Morgan fingerprint density at radius 1 is 1.88 bits per heavy atom. The van der Waals surface area contributed by atoms with Crippen LogP contribution < -0.4 is 0 Å². The number of aliphatic hydroxyl groups excluding tert-OH is 1. The summed E-state index contributed by atoms with van der Waals surface area (Å²) in [4.78, 5) is 0. The second kappa shape index (κ2) is 1.88. The van der Waals surface area contributed by atoms with E-state index in [0.717, 1.165) is 0 Å². The Morgan fingerprint density at radius 3 is 2.88 bits per heavy atom. The lowest BCUT2D eigenvalue weighted by molar-refractivity contribution is -0.00364. The van der Waals surface area contributed by atoms with Gasteiger partial charge in [0.15, 0.2) is 0 Å². The molecule has 0 fully saturated rings. The summed E-state index contributed by atoms with van der Waals surface area (Å²) >= 11 is 0. The van der Waals surface area contributed by atoms with E-state index in [1.54, 1.807) is 0 Å². The predicted octanol–water partition coefficient (Wildman–Crippen LogP) is 0.324. The summed E-state index contributed by atoms with van der Waals surface area (Å²) in [7, 11) is 0. The molecule has 1 N–H and O–H groups in total. The first kappa shape index (κ1) is 5.79. The zero-order valence-electron chi connectivity index (χ0n) is 4.92. The molecule has 1 unspecified atom stereocenters. The lowest BCUT2D eigenvalue weighted by atomic mass is 10.1. The highest BCUT2D eigenvalue weighted by atomic mass is 16.5. The summed E-state index contributed by atoms with van der Waals surface area (Å²) in [6, 6.07) is 0. The molecule has 8 heavy (non-hydrogen) atoms. The maximum absolute atomic E-state index is 8.65. The molecule has 46 valence electrons. The molecule has 1 heterocycles. The third-order valence-corrected chi connectivity index (χ3v) is 1.29. The van der Waals surface area contributed by atoms with Gasteiger partial charge in [0.1, 0.15) is 5.60 Å². The molecular weight excluding hydrogens is 104 g/mol. The van der Waals surface area contributed by atoms with Gasteiger partial charge < -0.3 is 9.84 Å². The standard InChI is InChI=1S/C6H10O2/c1-6(5-7)3-2-4-8-6/h2-3,7H,4-5H2,1H3. The Labute approximate surface area is 48.8 Å². The number of ether oxygens (including phenoxy) is 1. The van der Waals surface area contributed by atoms with Crippen LogP contribution in [0.5, 0.6) is 0 Å². The van der Waals surface area contributed by atoms with E-state index in [-0.39, 0.29) is 12.2 Å². The SMILES string of the molecule is CC1(CO)C=CCO1. The third kappa shape index (κ3) is 0.904. The summed E-state index contributed by atoms with van der Waals surface area (Å²) in [6.45, 7) is 2.57. The van der Waals surface area contributed by atoms with Gasteiger partial charge in [-0.2, -0.15) is 0 Å². The molecule has 1 aliphatic heterocycles. The van der Waals surface area contributed by atoms with Crippen molar-refractivity contribution in [3.8, 4) is 0 Å². The van der Waals surface area contributed by atoms with Crippen LogP contribution in [-0.2, 0) is 4.74 Å². The van der Waals surface area contributed by atoms with E-state index < -0.39 is 0 Å². The van der Waals surface area contributed by atoms with Gasteiger partial charge in [-0.05, 0) is 6.92 Å². The van der Waals surface area contributed by atoms with Crippen LogP contribution >= 0.6 is 0 Å². The van der Waals surface area contributed by atoms with E-state index in [4.69, 9.17) is 9.84 Å². The first-order valence-electron chi connectivity index (χ1n) is 2.69. The quantitative estimate of drug-likeness (QED) is 0.497. The Bertz CT molecular complexity index is 109. The minimum Gasteiger partial charge on any atom is -0.393 e. The van der Waals surface area contributed by atoms with Crippen molar-refractivity contribution < 1.29 is 9.84 Å². The molecule has 0 aliphatic carbocycles.